The molecule has 0 radical (unpaired) electrons. The van der Waals surface area contributed by atoms with Crippen LogP contribution in [-0.4, -0.2) is 44.4 Å². The van der Waals surface area contributed by atoms with Gasteiger partial charge in [-0.25, -0.2) is 0 Å². The fraction of sp³-hybridized carbons (Fsp3) is 0.538. The summed E-state index contributed by atoms with van der Waals surface area (Å²) in [6, 6.07) is 8.00. The first-order chi connectivity index (χ1) is 8.29. The molecule has 0 aliphatic carbocycles. The number of ether oxygens (including phenoxy) is 2. The van der Waals surface area contributed by atoms with Gasteiger partial charge in [0, 0.05) is 26.7 Å². The fourth-order valence-corrected chi connectivity index (χ4v) is 2.41. The van der Waals surface area contributed by atoms with E-state index in [1.165, 1.54) is 0 Å². The smallest absolute Gasteiger partial charge is 0.133 e. The Kier molecular flexibility index (Phi) is 4.83. The van der Waals surface area contributed by atoms with Crippen LogP contribution in [0.2, 0.25) is 0 Å². The quantitative estimate of drug-likeness (QED) is 0.834. The van der Waals surface area contributed by atoms with Crippen molar-refractivity contribution in [1.29, 1.82) is 0 Å². The zero-order valence-corrected chi connectivity index (χ0v) is 11.6. The molecule has 1 unspecified atom stereocenters. The molecule has 4 heteroatoms. The minimum Gasteiger partial charge on any atom is -0.488 e. The van der Waals surface area contributed by atoms with E-state index in [2.05, 4.69) is 20.8 Å². The first kappa shape index (κ1) is 12.9. The SMILES string of the molecule is COCCN1CCC(Oc2ccccc2Br)C1. The van der Waals surface area contributed by atoms with Gasteiger partial charge in [-0.2, -0.15) is 0 Å². The van der Waals surface area contributed by atoms with Crippen molar-refractivity contribution >= 4 is 15.9 Å². The molecule has 1 atom stereocenters. The van der Waals surface area contributed by atoms with Crippen LogP contribution in [0.3, 0.4) is 0 Å². The van der Waals surface area contributed by atoms with Crippen molar-refractivity contribution in [2.24, 2.45) is 0 Å². The van der Waals surface area contributed by atoms with Gasteiger partial charge >= 0.3 is 0 Å². The molecule has 17 heavy (non-hydrogen) atoms. The Morgan fingerprint density at radius 1 is 1.41 bits per heavy atom. The summed E-state index contributed by atoms with van der Waals surface area (Å²) in [5, 5.41) is 0. The van der Waals surface area contributed by atoms with Crippen LogP contribution in [0.5, 0.6) is 5.75 Å². The van der Waals surface area contributed by atoms with E-state index in [1.54, 1.807) is 7.11 Å². The summed E-state index contributed by atoms with van der Waals surface area (Å²) >= 11 is 3.50. The number of likely N-dealkylation sites (tertiary alicyclic amines) is 1. The molecule has 0 saturated carbocycles. The lowest BCUT2D eigenvalue weighted by Gasteiger charge is -2.17. The zero-order valence-electron chi connectivity index (χ0n) is 10.1. The highest BCUT2D eigenvalue weighted by Crippen LogP contribution is 2.26. The van der Waals surface area contributed by atoms with E-state index in [0.717, 1.165) is 42.9 Å². The maximum absolute atomic E-state index is 5.99. The lowest BCUT2D eigenvalue weighted by Crippen LogP contribution is -2.27. The van der Waals surface area contributed by atoms with E-state index in [4.69, 9.17) is 9.47 Å². The maximum atomic E-state index is 5.99. The molecular weight excluding hydrogens is 282 g/mol. The van der Waals surface area contributed by atoms with Gasteiger partial charge in [0.05, 0.1) is 11.1 Å². The third-order valence-corrected chi connectivity index (χ3v) is 3.63. The summed E-state index contributed by atoms with van der Waals surface area (Å²) in [5.41, 5.74) is 0. The minimum absolute atomic E-state index is 0.297. The molecule has 1 heterocycles. The molecule has 0 spiro atoms. The number of rotatable bonds is 5. The first-order valence-corrected chi connectivity index (χ1v) is 6.71. The van der Waals surface area contributed by atoms with Crippen LogP contribution in [-0.2, 0) is 4.74 Å². The van der Waals surface area contributed by atoms with Crippen molar-refractivity contribution in [2.45, 2.75) is 12.5 Å². The molecule has 2 rings (SSSR count). The van der Waals surface area contributed by atoms with E-state index in [-0.39, 0.29) is 0 Å². The second-order valence-electron chi connectivity index (χ2n) is 4.25. The molecule has 1 fully saturated rings. The highest BCUT2D eigenvalue weighted by molar-refractivity contribution is 9.10. The number of nitrogens with zero attached hydrogens (tertiary/aromatic N) is 1. The highest BCUT2D eigenvalue weighted by Gasteiger charge is 2.23. The second kappa shape index (κ2) is 6.38. The standard InChI is InChI=1S/C13H18BrNO2/c1-16-9-8-15-7-6-11(10-15)17-13-5-3-2-4-12(13)14/h2-5,11H,6-10H2,1H3. The molecular formula is C13H18BrNO2. The van der Waals surface area contributed by atoms with Crippen LogP contribution in [0.1, 0.15) is 6.42 Å². The molecule has 0 aromatic heterocycles. The summed E-state index contributed by atoms with van der Waals surface area (Å²) in [4.78, 5) is 2.38. The van der Waals surface area contributed by atoms with Crippen LogP contribution in [0.25, 0.3) is 0 Å². The Balaban J connectivity index is 1.83. The van der Waals surface area contributed by atoms with Crippen LogP contribution < -0.4 is 4.74 Å². The monoisotopic (exact) mass is 299 g/mol. The summed E-state index contributed by atoms with van der Waals surface area (Å²) in [6.07, 6.45) is 1.39. The number of para-hydroxylation sites is 1. The Bertz CT molecular complexity index is 359. The summed E-state index contributed by atoms with van der Waals surface area (Å²) in [6.45, 7) is 3.87. The van der Waals surface area contributed by atoms with Gasteiger partial charge in [0.1, 0.15) is 11.9 Å². The van der Waals surface area contributed by atoms with Gasteiger partial charge in [-0.3, -0.25) is 4.90 Å². The van der Waals surface area contributed by atoms with Gasteiger partial charge < -0.3 is 9.47 Å². The van der Waals surface area contributed by atoms with Crippen molar-refractivity contribution in [3.8, 4) is 5.75 Å². The average Bonchev–Trinajstić information content (AvgIpc) is 2.77. The zero-order chi connectivity index (χ0) is 12.1. The normalized spacial score (nSPS) is 20.7. The molecule has 1 aliphatic heterocycles. The first-order valence-electron chi connectivity index (χ1n) is 5.92. The van der Waals surface area contributed by atoms with Crippen molar-refractivity contribution in [3.05, 3.63) is 28.7 Å². The lowest BCUT2D eigenvalue weighted by atomic mass is 10.3. The lowest BCUT2D eigenvalue weighted by molar-refractivity contribution is 0.148. The van der Waals surface area contributed by atoms with Gasteiger partial charge in [0.2, 0.25) is 0 Å². The second-order valence-corrected chi connectivity index (χ2v) is 5.11. The van der Waals surface area contributed by atoms with Crippen molar-refractivity contribution in [3.63, 3.8) is 0 Å². The Morgan fingerprint density at radius 3 is 3.00 bits per heavy atom. The summed E-state index contributed by atoms with van der Waals surface area (Å²) in [5.74, 6) is 0.936. The maximum Gasteiger partial charge on any atom is 0.133 e. The van der Waals surface area contributed by atoms with E-state index >= 15 is 0 Å². The number of methoxy groups -OCH3 is 1. The summed E-state index contributed by atoms with van der Waals surface area (Å²) in [7, 11) is 1.74. The van der Waals surface area contributed by atoms with E-state index in [1.807, 2.05) is 24.3 Å². The Labute approximate surface area is 111 Å². The van der Waals surface area contributed by atoms with E-state index < -0.39 is 0 Å². The Hall–Kier alpha value is -0.580. The molecule has 0 amide bonds. The molecule has 1 aliphatic rings. The fourth-order valence-electron chi connectivity index (χ4n) is 2.04. The molecule has 1 saturated heterocycles. The van der Waals surface area contributed by atoms with Gasteiger partial charge in [0.15, 0.2) is 0 Å². The largest absolute Gasteiger partial charge is 0.488 e. The Morgan fingerprint density at radius 2 is 2.24 bits per heavy atom. The van der Waals surface area contributed by atoms with Crippen LogP contribution in [0.4, 0.5) is 0 Å². The van der Waals surface area contributed by atoms with Crippen molar-refractivity contribution < 1.29 is 9.47 Å². The minimum atomic E-state index is 0.297. The summed E-state index contributed by atoms with van der Waals surface area (Å²) < 4.78 is 12.1. The molecule has 0 bridgehead atoms. The molecule has 1 aromatic carbocycles. The van der Waals surface area contributed by atoms with Crippen LogP contribution >= 0.6 is 15.9 Å². The topological polar surface area (TPSA) is 21.7 Å². The molecule has 3 nitrogen and oxygen atoms in total. The van der Waals surface area contributed by atoms with Crippen LogP contribution in [0, 0.1) is 0 Å². The molecule has 1 aromatic rings. The van der Waals surface area contributed by atoms with Crippen molar-refractivity contribution in [2.75, 3.05) is 33.4 Å². The molecule has 94 valence electrons. The average molecular weight is 300 g/mol. The third-order valence-electron chi connectivity index (χ3n) is 2.97. The number of hydrogen-bond acceptors (Lipinski definition) is 3. The van der Waals surface area contributed by atoms with E-state index in [0.29, 0.717) is 6.10 Å². The number of halogens is 1. The van der Waals surface area contributed by atoms with Gasteiger partial charge in [-0.15, -0.1) is 0 Å². The predicted molar refractivity (Wildman–Crippen MR) is 71.5 cm³/mol. The molecule has 0 N–H and O–H groups in total. The highest BCUT2D eigenvalue weighted by atomic mass is 79.9. The predicted octanol–water partition coefficient (Wildman–Crippen LogP) is 2.55. The van der Waals surface area contributed by atoms with E-state index in [9.17, 15) is 0 Å². The third kappa shape index (κ3) is 3.69. The van der Waals surface area contributed by atoms with Gasteiger partial charge in [0.25, 0.3) is 0 Å². The van der Waals surface area contributed by atoms with Crippen molar-refractivity contribution in [1.82, 2.24) is 4.90 Å². The van der Waals surface area contributed by atoms with Gasteiger partial charge in [-0.1, -0.05) is 12.1 Å². The number of benzene rings is 1. The van der Waals surface area contributed by atoms with Gasteiger partial charge in [-0.05, 0) is 34.5 Å². The number of hydrogen-bond donors (Lipinski definition) is 0. The van der Waals surface area contributed by atoms with Crippen LogP contribution in [0.15, 0.2) is 28.7 Å².